The lowest BCUT2D eigenvalue weighted by atomic mass is 9.93. The number of rotatable bonds is 5. The van der Waals surface area contributed by atoms with Gasteiger partial charge in [-0.05, 0) is 37.8 Å². The molecule has 0 aliphatic carbocycles. The lowest BCUT2D eigenvalue weighted by molar-refractivity contribution is -0.142. The standard InChI is InChI=1S/C22H33N3O2/c1-3-18(4-2)21(26)24-12-10-19(11-13-24)22(27)25-16-14-23(15-17-25)20-8-6-5-7-9-20/h5-9,18-19H,3-4,10-17H2,1-2H3. The Balaban J connectivity index is 1.47. The molecular weight excluding hydrogens is 338 g/mol. The number of para-hydroxylation sites is 1. The van der Waals surface area contributed by atoms with Crippen LogP contribution in [0.5, 0.6) is 0 Å². The summed E-state index contributed by atoms with van der Waals surface area (Å²) in [4.78, 5) is 31.8. The molecule has 2 fully saturated rings. The molecule has 0 radical (unpaired) electrons. The number of hydrogen-bond acceptors (Lipinski definition) is 3. The zero-order valence-corrected chi connectivity index (χ0v) is 16.8. The van der Waals surface area contributed by atoms with Crippen molar-refractivity contribution in [3.63, 3.8) is 0 Å². The smallest absolute Gasteiger partial charge is 0.225 e. The molecule has 148 valence electrons. The first kappa shape index (κ1) is 19.7. The lowest BCUT2D eigenvalue weighted by Crippen LogP contribution is -2.52. The maximum Gasteiger partial charge on any atom is 0.225 e. The summed E-state index contributed by atoms with van der Waals surface area (Å²) in [7, 11) is 0. The number of benzene rings is 1. The van der Waals surface area contributed by atoms with Crippen molar-refractivity contribution >= 4 is 17.5 Å². The van der Waals surface area contributed by atoms with Crippen LogP contribution in [0, 0.1) is 11.8 Å². The third kappa shape index (κ3) is 4.63. The van der Waals surface area contributed by atoms with Gasteiger partial charge in [0.2, 0.25) is 11.8 Å². The zero-order valence-electron chi connectivity index (χ0n) is 16.8. The van der Waals surface area contributed by atoms with Crippen molar-refractivity contribution in [1.29, 1.82) is 0 Å². The third-order valence-electron chi connectivity index (χ3n) is 6.20. The van der Waals surface area contributed by atoms with Gasteiger partial charge in [-0.1, -0.05) is 32.0 Å². The Morgan fingerprint density at radius 3 is 2.04 bits per heavy atom. The van der Waals surface area contributed by atoms with Gasteiger partial charge in [-0.15, -0.1) is 0 Å². The van der Waals surface area contributed by atoms with E-state index in [2.05, 4.69) is 43.0 Å². The maximum atomic E-state index is 12.9. The van der Waals surface area contributed by atoms with Crippen molar-refractivity contribution in [2.24, 2.45) is 11.8 Å². The number of likely N-dealkylation sites (tertiary alicyclic amines) is 1. The second-order valence-electron chi connectivity index (χ2n) is 7.76. The van der Waals surface area contributed by atoms with E-state index in [1.54, 1.807) is 0 Å². The van der Waals surface area contributed by atoms with Crippen LogP contribution in [0.15, 0.2) is 30.3 Å². The Hall–Kier alpha value is -2.04. The van der Waals surface area contributed by atoms with Crippen LogP contribution in [0.4, 0.5) is 5.69 Å². The molecule has 0 saturated carbocycles. The van der Waals surface area contributed by atoms with Gasteiger partial charge >= 0.3 is 0 Å². The van der Waals surface area contributed by atoms with Gasteiger partial charge < -0.3 is 14.7 Å². The molecule has 0 N–H and O–H groups in total. The summed E-state index contributed by atoms with van der Waals surface area (Å²) in [6.45, 7) is 8.99. The van der Waals surface area contributed by atoms with Crippen LogP contribution in [0.3, 0.4) is 0 Å². The number of piperidine rings is 1. The molecule has 0 unspecified atom stereocenters. The first-order valence-corrected chi connectivity index (χ1v) is 10.5. The van der Waals surface area contributed by atoms with Crippen LogP contribution < -0.4 is 4.90 Å². The van der Waals surface area contributed by atoms with Gasteiger partial charge in [0.05, 0.1) is 0 Å². The molecule has 5 nitrogen and oxygen atoms in total. The van der Waals surface area contributed by atoms with Crippen LogP contribution in [-0.4, -0.2) is 60.9 Å². The molecule has 1 aromatic carbocycles. The van der Waals surface area contributed by atoms with Crippen LogP contribution in [0.2, 0.25) is 0 Å². The highest BCUT2D eigenvalue weighted by Crippen LogP contribution is 2.24. The molecule has 1 aromatic rings. The van der Waals surface area contributed by atoms with E-state index in [-0.39, 0.29) is 23.7 Å². The summed E-state index contributed by atoms with van der Waals surface area (Å²) in [6.07, 6.45) is 3.42. The number of carbonyl (C=O) groups excluding carboxylic acids is 2. The first-order valence-electron chi connectivity index (χ1n) is 10.5. The summed E-state index contributed by atoms with van der Waals surface area (Å²) >= 11 is 0. The van der Waals surface area contributed by atoms with Crippen molar-refractivity contribution in [3.05, 3.63) is 30.3 Å². The molecule has 27 heavy (non-hydrogen) atoms. The van der Waals surface area contributed by atoms with Crippen LogP contribution in [0.1, 0.15) is 39.5 Å². The predicted octanol–water partition coefficient (Wildman–Crippen LogP) is 3.01. The summed E-state index contributed by atoms with van der Waals surface area (Å²) in [5.74, 6) is 0.794. The fourth-order valence-electron chi connectivity index (χ4n) is 4.32. The molecular formula is C22H33N3O2. The second kappa shape index (κ2) is 9.25. The van der Waals surface area contributed by atoms with E-state index in [9.17, 15) is 9.59 Å². The number of amides is 2. The number of nitrogens with zero attached hydrogens (tertiary/aromatic N) is 3. The van der Waals surface area contributed by atoms with Crippen molar-refractivity contribution in [2.45, 2.75) is 39.5 Å². The SMILES string of the molecule is CCC(CC)C(=O)N1CCC(C(=O)N2CCN(c3ccccc3)CC2)CC1. The van der Waals surface area contributed by atoms with Gasteiger partial charge in [0.25, 0.3) is 0 Å². The van der Waals surface area contributed by atoms with Gasteiger partial charge in [-0.2, -0.15) is 0 Å². The maximum absolute atomic E-state index is 12.9. The van der Waals surface area contributed by atoms with Crippen molar-refractivity contribution in [3.8, 4) is 0 Å². The number of hydrogen-bond donors (Lipinski definition) is 0. The van der Waals surface area contributed by atoms with E-state index < -0.39 is 0 Å². The second-order valence-corrected chi connectivity index (χ2v) is 7.76. The van der Waals surface area contributed by atoms with Crippen molar-refractivity contribution in [1.82, 2.24) is 9.80 Å². The predicted molar refractivity (Wildman–Crippen MR) is 109 cm³/mol. The molecule has 0 atom stereocenters. The fraction of sp³-hybridized carbons (Fsp3) is 0.636. The highest BCUT2D eigenvalue weighted by atomic mass is 16.2. The molecule has 2 heterocycles. The Morgan fingerprint density at radius 1 is 0.889 bits per heavy atom. The highest BCUT2D eigenvalue weighted by Gasteiger charge is 2.32. The molecule has 5 heteroatoms. The number of piperazine rings is 1. The largest absolute Gasteiger partial charge is 0.368 e. The molecule has 2 saturated heterocycles. The van der Waals surface area contributed by atoms with Crippen molar-refractivity contribution in [2.75, 3.05) is 44.2 Å². The monoisotopic (exact) mass is 371 g/mol. The van der Waals surface area contributed by atoms with Crippen LogP contribution >= 0.6 is 0 Å². The van der Waals surface area contributed by atoms with Gasteiger partial charge in [0, 0.05) is 56.8 Å². The minimum Gasteiger partial charge on any atom is -0.368 e. The third-order valence-corrected chi connectivity index (χ3v) is 6.20. The fourth-order valence-corrected chi connectivity index (χ4v) is 4.32. The number of anilines is 1. The van der Waals surface area contributed by atoms with E-state index in [0.717, 1.165) is 65.0 Å². The summed E-state index contributed by atoms with van der Waals surface area (Å²) in [5, 5.41) is 0. The zero-order chi connectivity index (χ0) is 19.2. The number of carbonyl (C=O) groups is 2. The van der Waals surface area contributed by atoms with E-state index in [1.807, 2.05) is 15.9 Å². The molecule has 0 aromatic heterocycles. The van der Waals surface area contributed by atoms with E-state index in [0.29, 0.717) is 0 Å². The van der Waals surface area contributed by atoms with E-state index >= 15 is 0 Å². The molecule has 0 bridgehead atoms. The van der Waals surface area contributed by atoms with E-state index in [1.165, 1.54) is 5.69 Å². The summed E-state index contributed by atoms with van der Waals surface area (Å²) in [6, 6.07) is 10.4. The quantitative estimate of drug-likeness (QED) is 0.799. The normalized spacial score (nSPS) is 18.9. The minimum absolute atomic E-state index is 0.0824. The topological polar surface area (TPSA) is 43.9 Å². The first-order chi connectivity index (χ1) is 13.1. The van der Waals surface area contributed by atoms with Gasteiger partial charge in [0.1, 0.15) is 0 Å². The van der Waals surface area contributed by atoms with Crippen molar-refractivity contribution < 1.29 is 9.59 Å². The molecule has 0 spiro atoms. The lowest BCUT2D eigenvalue weighted by Gasteiger charge is -2.39. The minimum atomic E-state index is 0.0824. The van der Waals surface area contributed by atoms with E-state index in [4.69, 9.17) is 0 Å². The molecule has 3 rings (SSSR count). The molecule has 2 aliphatic heterocycles. The Bertz CT molecular complexity index is 614. The van der Waals surface area contributed by atoms with Gasteiger partial charge in [-0.3, -0.25) is 9.59 Å². The average Bonchev–Trinajstić information content (AvgIpc) is 2.75. The average molecular weight is 372 g/mol. The van der Waals surface area contributed by atoms with Gasteiger partial charge in [0.15, 0.2) is 0 Å². The van der Waals surface area contributed by atoms with Crippen LogP contribution in [0.25, 0.3) is 0 Å². The Morgan fingerprint density at radius 2 is 1.48 bits per heavy atom. The van der Waals surface area contributed by atoms with Crippen LogP contribution in [-0.2, 0) is 9.59 Å². The highest BCUT2D eigenvalue weighted by molar-refractivity contribution is 5.81. The molecule has 2 amide bonds. The van der Waals surface area contributed by atoms with Gasteiger partial charge in [-0.25, -0.2) is 0 Å². The molecule has 2 aliphatic rings. The Kier molecular flexibility index (Phi) is 6.75. The summed E-state index contributed by atoms with van der Waals surface area (Å²) in [5.41, 5.74) is 1.23. The summed E-state index contributed by atoms with van der Waals surface area (Å²) < 4.78 is 0. The Labute approximate surface area is 163 Å².